The van der Waals surface area contributed by atoms with Gasteiger partial charge in [0, 0.05) is 11.1 Å². The van der Waals surface area contributed by atoms with E-state index in [1.807, 2.05) is 24.3 Å². The van der Waals surface area contributed by atoms with Crippen molar-refractivity contribution in [3.8, 4) is 22.9 Å². The SMILES string of the molecule is COc1ccccc1-c1c(Br)nsc1C#N. The van der Waals surface area contributed by atoms with Crippen LogP contribution in [0.15, 0.2) is 28.9 Å². The summed E-state index contributed by atoms with van der Waals surface area (Å²) in [6.45, 7) is 0. The Balaban J connectivity index is 2.67. The lowest BCUT2D eigenvalue weighted by Crippen LogP contribution is -1.88. The molecular formula is C11H7BrN2OS. The predicted octanol–water partition coefficient (Wildman–Crippen LogP) is 3.45. The number of rotatable bonds is 2. The molecule has 0 atom stereocenters. The van der Waals surface area contributed by atoms with E-state index in [4.69, 9.17) is 10.00 Å². The van der Waals surface area contributed by atoms with Crippen LogP contribution in [0.3, 0.4) is 0 Å². The number of hydrogen-bond acceptors (Lipinski definition) is 4. The Morgan fingerprint density at radius 3 is 2.88 bits per heavy atom. The summed E-state index contributed by atoms with van der Waals surface area (Å²) in [5.74, 6) is 0.736. The molecule has 16 heavy (non-hydrogen) atoms. The highest BCUT2D eigenvalue weighted by Crippen LogP contribution is 2.38. The van der Waals surface area contributed by atoms with Crippen molar-refractivity contribution in [3.05, 3.63) is 33.7 Å². The molecule has 0 amide bonds. The Morgan fingerprint density at radius 2 is 2.19 bits per heavy atom. The van der Waals surface area contributed by atoms with E-state index in [1.54, 1.807) is 7.11 Å². The zero-order chi connectivity index (χ0) is 11.5. The fourth-order valence-electron chi connectivity index (χ4n) is 1.43. The molecule has 0 saturated carbocycles. The molecule has 1 heterocycles. The lowest BCUT2D eigenvalue weighted by Gasteiger charge is -2.06. The van der Waals surface area contributed by atoms with Crippen LogP contribution in [-0.4, -0.2) is 11.5 Å². The van der Waals surface area contributed by atoms with Crippen LogP contribution >= 0.6 is 27.5 Å². The van der Waals surface area contributed by atoms with E-state index in [-0.39, 0.29) is 0 Å². The summed E-state index contributed by atoms with van der Waals surface area (Å²) in [5.41, 5.74) is 1.67. The monoisotopic (exact) mass is 294 g/mol. The Morgan fingerprint density at radius 1 is 1.44 bits per heavy atom. The molecule has 0 N–H and O–H groups in total. The van der Waals surface area contributed by atoms with Crippen LogP contribution in [0.5, 0.6) is 5.75 Å². The summed E-state index contributed by atoms with van der Waals surface area (Å²) in [7, 11) is 1.61. The van der Waals surface area contributed by atoms with Gasteiger partial charge in [-0.15, -0.1) is 0 Å². The fourth-order valence-corrected chi connectivity index (χ4v) is 2.79. The minimum absolute atomic E-state index is 0.580. The molecule has 2 rings (SSSR count). The molecular weight excluding hydrogens is 288 g/mol. The molecule has 5 heteroatoms. The van der Waals surface area contributed by atoms with Gasteiger partial charge in [-0.1, -0.05) is 18.2 Å². The number of halogens is 1. The quantitative estimate of drug-likeness (QED) is 0.852. The van der Waals surface area contributed by atoms with Crippen LogP contribution in [-0.2, 0) is 0 Å². The minimum Gasteiger partial charge on any atom is -0.496 e. The van der Waals surface area contributed by atoms with Gasteiger partial charge in [0.25, 0.3) is 0 Å². The zero-order valence-electron chi connectivity index (χ0n) is 8.40. The first-order valence-electron chi connectivity index (χ1n) is 4.46. The summed E-state index contributed by atoms with van der Waals surface area (Å²) >= 11 is 4.53. The Hall–Kier alpha value is -1.38. The van der Waals surface area contributed by atoms with Crippen molar-refractivity contribution in [2.45, 2.75) is 0 Å². The van der Waals surface area contributed by atoms with E-state index in [9.17, 15) is 0 Å². The maximum absolute atomic E-state index is 9.02. The molecule has 0 radical (unpaired) electrons. The van der Waals surface area contributed by atoms with Crippen molar-refractivity contribution in [3.63, 3.8) is 0 Å². The van der Waals surface area contributed by atoms with Crippen LogP contribution in [0.2, 0.25) is 0 Å². The van der Waals surface area contributed by atoms with Crippen LogP contribution in [0.25, 0.3) is 11.1 Å². The number of nitriles is 1. The summed E-state index contributed by atoms with van der Waals surface area (Å²) in [6.07, 6.45) is 0. The second kappa shape index (κ2) is 4.64. The minimum atomic E-state index is 0.580. The van der Waals surface area contributed by atoms with Crippen molar-refractivity contribution in [2.24, 2.45) is 0 Å². The van der Waals surface area contributed by atoms with Crippen LogP contribution < -0.4 is 4.74 Å². The van der Waals surface area contributed by atoms with Gasteiger partial charge in [-0.25, -0.2) is 0 Å². The third-order valence-electron chi connectivity index (χ3n) is 2.13. The Labute approximate surface area is 106 Å². The van der Waals surface area contributed by atoms with E-state index >= 15 is 0 Å². The van der Waals surface area contributed by atoms with E-state index in [1.165, 1.54) is 11.5 Å². The molecule has 0 aliphatic heterocycles. The smallest absolute Gasteiger partial charge is 0.134 e. The van der Waals surface area contributed by atoms with Gasteiger partial charge in [0.1, 0.15) is 21.3 Å². The van der Waals surface area contributed by atoms with Gasteiger partial charge in [-0.05, 0) is 33.5 Å². The van der Waals surface area contributed by atoms with Crippen molar-refractivity contribution < 1.29 is 4.74 Å². The second-order valence-corrected chi connectivity index (χ2v) is 4.51. The molecule has 0 aliphatic carbocycles. The number of para-hydroxylation sites is 1. The van der Waals surface area contributed by atoms with Gasteiger partial charge in [0.05, 0.1) is 7.11 Å². The van der Waals surface area contributed by atoms with E-state index < -0.39 is 0 Å². The molecule has 0 saturated heterocycles. The molecule has 80 valence electrons. The zero-order valence-corrected chi connectivity index (χ0v) is 10.8. The van der Waals surface area contributed by atoms with Gasteiger partial charge < -0.3 is 4.74 Å². The average Bonchev–Trinajstić information content (AvgIpc) is 2.70. The van der Waals surface area contributed by atoms with Crippen molar-refractivity contribution in [2.75, 3.05) is 7.11 Å². The first-order chi connectivity index (χ1) is 7.77. The summed E-state index contributed by atoms with van der Waals surface area (Å²) in [6, 6.07) is 9.71. The number of hydrogen-bond donors (Lipinski definition) is 0. The number of ether oxygens (including phenoxy) is 1. The molecule has 0 unspecified atom stereocenters. The van der Waals surface area contributed by atoms with E-state index in [0.29, 0.717) is 9.48 Å². The van der Waals surface area contributed by atoms with Crippen molar-refractivity contribution in [1.29, 1.82) is 5.26 Å². The van der Waals surface area contributed by atoms with Gasteiger partial charge >= 0.3 is 0 Å². The number of nitrogens with zero attached hydrogens (tertiary/aromatic N) is 2. The first kappa shape index (κ1) is 11.1. The van der Waals surface area contributed by atoms with Gasteiger partial charge in [-0.2, -0.15) is 9.64 Å². The lowest BCUT2D eigenvalue weighted by atomic mass is 10.1. The number of benzene rings is 1. The molecule has 1 aromatic carbocycles. The maximum atomic E-state index is 9.02. The number of methoxy groups -OCH3 is 1. The normalized spacial score (nSPS) is 9.81. The predicted molar refractivity (Wildman–Crippen MR) is 66.5 cm³/mol. The van der Waals surface area contributed by atoms with Crippen LogP contribution in [0.1, 0.15) is 4.88 Å². The van der Waals surface area contributed by atoms with Crippen molar-refractivity contribution in [1.82, 2.24) is 4.37 Å². The largest absolute Gasteiger partial charge is 0.496 e. The summed E-state index contributed by atoms with van der Waals surface area (Å²) < 4.78 is 10.1. The fraction of sp³-hybridized carbons (Fsp3) is 0.0909. The molecule has 2 aromatic rings. The molecule has 1 aromatic heterocycles. The standard InChI is InChI=1S/C11H7BrN2OS/c1-15-8-5-3-2-4-7(8)10-9(6-13)16-14-11(10)12/h2-5H,1H3. The highest BCUT2D eigenvalue weighted by atomic mass is 79.9. The van der Waals surface area contributed by atoms with Gasteiger partial charge in [0.15, 0.2) is 0 Å². The molecule has 0 spiro atoms. The first-order valence-corrected chi connectivity index (χ1v) is 6.03. The Kier molecular flexibility index (Phi) is 3.22. The van der Waals surface area contributed by atoms with E-state index in [2.05, 4.69) is 26.4 Å². The number of aromatic nitrogens is 1. The summed E-state index contributed by atoms with van der Waals surface area (Å²) in [5, 5.41) is 9.02. The van der Waals surface area contributed by atoms with Crippen LogP contribution in [0.4, 0.5) is 0 Å². The second-order valence-electron chi connectivity index (χ2n) is 2.99. The third kappa shape index (κ3) is 1.82. The highest BCUT2D eigenvalue weighted by Gasteiger charge is 2.16. The molecule has 0 fully saturated rings. The molecule has 3 nitrogen and oxygen atoms in total. The van der Waals surface area contributed by atoms with Crippen molar-refractivity contribution >= 4 is 27.5 Å². The highest BCUT2D eigenvalue weighted by molar-refractivity contribution is 9.10. The Bertz CT molecular complexity index is 559. The third-order valence-corrected chi connectivity index (χ3v) is 3.69. The van der Waals surface area contributed by atoms with Gasteiger partial charge in [0.2, 0.25) is 0 Å². The summed E-state index contributed by atoms with van der Waals surface area (Å²) in [4.78, 5) is 0.580. The van der Waals surface area contributed by atoms with E-state index in [0.717, 1.165) is 16.9 Å². The molecule has 0 aliphatic rings. The average molecular weight is 295 g/mol. The lowest BCUT2D eigenvalue weighted by molar-refractivity contribution is 0.416. The van der Waals surface area contributed by atoms with Gasteiger partial charge in [-0.3, -0.25) is 0 Å². The van der Waals surface area contributed by atoms with Crippen LogP contribution in [0, 0.1) is 11.3 Å². The molecule has 0 bridgehead atoms. The maximum Gasteiger partial charge on any atom is 0.134 e. The topological polar surface area (TPSA) is 45.9 Å².